The first-order chi connectivity index (χ1) is 9.70. The zero-order valence-electron chi connectivity index (χ0n) is 12.0. The van der Waals surface area contributed by atoms with Crippen molar-refractivity contribution < 1.29 is 14.6 Å². The molecule has 1 aromatic rings. The van der Waals surface area contributed by atoms with Gasteiger partial charge in [0.15, 0.2) is 0 Å². The van der Waals surface area contributed by atoms with Gasteiger partial charge in [0.1, 0.15) is 5.75 Å². The van der Waals surface area contributed by atoms with E-state index in [9.17, 15) is 9.90 Å². The third-order valence-corrected chi connectivity index (χ3v) is 3.95. The fourth-order valence-corrected chi connectivity index (χ4v) is 2.73. The van der Waals surface area contributed by atoms with Crippen LogP contribution in [0.2, 0.25) is 0 Å². The van der Waals surface area contributed by atoms with Gasteiger partial charge in [-0.2, -0.15) is 0 Å². The molecule has 1 saturated heterocycles. The summed E-state index contributed by atoms with van der Waals surface area (Å²) in [5.74, 6) is 1.05. The first-order valence-corrected chi connectivity index (χ1v) is 7.26. The van der Waals surface area contributed by atoms with E-state index >= 15 is 0 Å². The van der Waals surface area contributed by atoms with Crippen LogP contribution in [-0.2, 0) is 9.53 Å². The Bertz CT molecular complexity index is 422. The second-order valence-electron chi connectivity index (χ2n) is 5.34. The largest absolute Gasteiger partial charge is 0.508 e. The highest BCUT2D eigenvalue weighted by Crippen LogP contribution is 2.29. The summed E-state index contributed by atoms with van der Waals surface area (Å²) in [6.07, 6.45) is 3.38. The second kappa shape index (κ2) is 7.29. The fourth-order valence-electron chi connectivity index (χ4n) is 2.73. The van der Waals surface area contributed by atoms with E-state index in [-0.39, 0.29) is 5.91 Å². The zero-order chi connectivity index (χ0) is 14.4. The number of likely N-dealkylation sites (tertiary alicyclic amines) is 1. The molecule has 1 heterocycles. The number of amides is 1. The van der Waals surface area contributed by atoms with Gasteiger partial charge in [0.2, 0.25) is 5.91 Å². The lowest BCUT2D eigenvalue weighted by molar-refractivity contribution is -0.132. The topological polar surface area (TPSA) is 49.8 Å². The number of methoxy groups -OCH3 is 1. The lowest BCUT2D eigenvalue weighted by Crippen LogP contribution is -2.37. The van der Waals surface area contributed by atoms with Gasteiger partial charge < -0.3 is 14.7 Å². The van der Waals surface area contributed by atoms with Gasteiger partial charge in [-0.25, -0.2) is 0 Å². The van der Waals surface area contributed by atoms with Crippen LogP contribution in [0.15, 0.2) is 24.3 Å². The van der Waals surface area contributed by atoms with Crippen molar-refractivity contribution >= 4 is 5.91 Å². The van der Waals surface area contributed by atoms with E-state index in [1.807, 2.05) is 17.0 Å². The lowest BCUT2D eigenvalue weighted by atomic mass is 9.89. The minimum atomic E-state index is 0.242. The maximum Gasteiger partial charge on any atom is 0.222 e. The Hall–Kier alpha value is -1.55. The molecule has 1 N–H and O–H groups in total. The molecule has 1 aliphatic rings. The molecule has 2 rings (SSSR count). The zero-order valence-corrected chi connectivity index (χ0v) is 12.0. The minimum absolute atomic E-state index is 0.242. The summed E-state index contributed by atoms with van der Waals surface area (Å²) in [5.41, 5.74) is 1.26. The van der Waals surface area contributed by atoms with E-state index in [0.29, 0.717) is 24.7 Å². The third kappa shape index (κ3) is 3.97. The van der Waals surface area contributed by atoms with Crippen LogP contribution in [0.1, 0.15) is 37.2 Å². The van der Waals surface area contributed by atoms with Gasteiger partial charge in [-0.05, 0) is 42.9 Å². The molecule has 4 nitrogen and oxygen atoms in total. The van der Waals surface area contributed by atoms with Crippen molar-refractivity contribution in [2.24, 2.45) is 0 Å². The van der Waals surface area contributed by atoms with Gasteiger partial charge >= 0.3 is 0 Å². The van der Waals surface area contributed by atoms with Gasteiger partial charge in [-0.1, -0.05) is 12.1 Å². The number of benzene rings is 1. The van der Waals surface area contributed by atoms with E-state index in [1.165, 1.54) is 5.56 Å². The molecule has 1 amide bonds. The van der Waals surface area contributed by atoms with Crippen LogP contribution in [0.3, 0.4) is 0 Å². The van der Waals surface area contributed by atoms with Crippen molar-refractivity contribution in [3.05, 3.63) is 29.8 Å². The van der Waals surface area contributed by atoms with Crippen molar-refractivity contribution in [2.45, 2.75) is 31.6 Å². The van der Waals surface area contributed by atoms with Crippen LogP contribution >= 0.6 is 0 Å². The number of phenols is 1. The molecule has 0 unspecified atom stereocenters. The van der Waals surface area contributed by atoms with Gasteiger partial charge in [-0.15, -0.1) is 0 Å². The Morgan fingerprint density at radius 2 is 1.95 bits per heavy atom. The van der Waals surface area contributed by atoms with E-state index in [1.54, 1.807) is 19.2 Å². The Morgan fingerprint density at radius 1 is 1.30 bits per heavy atom. The molecule has 110 valence electrons. The number of carbonyl (C=O) groups is 1. The van der Waals surface area contributed by atoms with Crippen molar-refractivity contribution in [1.82, 2.24) is 4.90 Å². The Balaban J connectivity index is 1.80. The third-order valence-electron chi connectivity index (χ3n) is 3.95. The van der Waals surface area contributed by atoms with Crippen molar-refractivity contribution in [3.8, 4) is 5.75 Å². The number of hydrogen-bond donors (Lipinski definition) is 1. The van der Waals surface area contributed by atoms with Crippen molar-refractivity contribution in [1.29, 1.82) is 0 Å². The lowest BCUT2D eigenvalue weighted by Gasteiger charge is -2.32. The minimum Gasteiger partial charge on any atom is -0.508 e. The number of carbonyl (C=O) groups excluding carboxylic acids is 1. The number of rotatable bonds is 5. The molecule has 1 fully saturated rings. The smallest absolute Gasteiger partial charge is 0.222 e. The maximum absolute atomic E-state index is 12.0. The number of ether oxygens (including phenoxy) is 1. The van der Waals surface area contributed by atoms with E-state index < -0.39 is 0 Å². The molecule has 0 saturated carbocycles. The van der Waals surface area contributed by atoms with Crippen molar-refractivity contribution in [2.75, 3.05) is 26.8 Å². The SMILES string of the molecule is COCCCC(=O)N1CCC(c2ccc(O)cc2)CC1. The number of aromatic hydroxyl groups is 1. The second-order valence-corrected chi connectivity index (χ2v) is 5.34. The maximum atomic E-state index is 12.0. The van der Waals surface area contributed by atoms with Crippen LogP contribution < -0.4 is 0 Å². The predicted molar refractivity (Wildman–Crippen MR) is 77.8 cm³/mol. The summed E-state index contributed by atoms with van der Waals surface area (Å²) in [4.78, 5) is 14.0. The van der Waals surface area contributed by atoms with E-state index in [0.717, 1.165) is 32.4 Å². The highest BCUT2D eigenvalue weighted by molar-refractivity contribution is 5.76. The monoisotopic (exact) mass is 277 g/mol. The van der Waals surface area contributed by atoms with Crippen LogP contribution in [-0.4, -0.2) is 42.7 Å². The Morgan fingerprint density at radius 3 is 2.55 bits per heavy atom. The van der Waals surface area contributed by atoms with Gasteiger partial charge in [0.05, 0.1) is 0 Å². The standard InChI is InChI=1S/C16H23NO3/c1-20-12-2-3-16(19)17-10-8-14(9-11-17)13-4-6-15(18)7-5-13/h4-7,14,18H,2-3,8-12H2,1H3. The van der Waals surface area contributed by atoms with Crippen LogP contribution in [0.25, 0.3) is 0 Å². The normalized spacial score (nSPS) is 16.4. The average Bonchev–Trinajstić information content (AvgIpc) is 2.48. The molecule has 1 aliphatic heterocycles. The predicted octanol–water partition coefficient (Wildman–Crippen LogP) is 2.52. The number of nitrogens with zero attached hydrogens (tertiary/aromatic N) is 1. The van der Waals surface area contributed by atoms with E-state index in [4.69, 9.17) is 4.74 Å². The first kappa shape index (κ1) is 14.9. The Kier molecular flexibility index (Phi) is 5.41. The molecule has 0 spiro atoms. The number of piperidine rings is 1. The molecule has 0 radical (unpaired) electrons. The summed E-state index contributed by atoms with van der Waals surface area (Å²) in [7, 11) is 1.66. The quantitative estimate of drug-likeness (QED) is 0.841. The molecule has 0 bridgehead atoms. The van der Waals surface area contributed by atoms with Gasteiger partial charge in [-0.3, -0.25) is 4.79 Å². The molecule has 0 atom stereocenters. The van der Waals surface area contributed by atoms with Crippen molar-refractivity contribution in [3.63, 3.8) is 0 Å². The summed E-state index contributed by atoms with van der Waals surface area (Å²) in [5, 5.41) is 9.31. The van der Waals surface area contributed by atoms with E-state index in [2.05, 4.69) is 0 Å². The molecule has 0 aliphatic carbocycles. The number of hydrogen-bond acceptors (Lipinski definition) is 3. The first-order valence-electron chi connectivity index (χ1n) is 7.26. The highest BCUT2D eigenvalue weighted by Gasteiger charge is 2.23. The van der Waals surface area contributed by atoms with Gasteiger partial charge in [0, 0.05) is 33.2 Å². The summed E-state index contributed by atoms with van der Waals surface area (Å²) in [6.45, 7) is 2.31. The average molecular weight is 277 g/mol. The molecule has 0 aromatic heterocycles. The summed E-state index contributed by atoms with van der Waals surface area (Å²) >= 11 is 0. The highest BCUT2D eigenvalue weighted by atomic mass is 16.5. The molecule has 1 aromatic carbocycles. The van der Waals surface area contributed by atoms with Crippen LogP contribution in [0, 0.1) is 0 Å². The molecular weight excluding hydrogens is 254 g/mol. The molecule has 4 heteroatoms. The Labute approximate surface area is 120 Å². The van der Waals surface area contributed by atoms with Gasteiger partial charge in [0.25, 0.3) is 0 Å². The van der Waals surface area contributed by atoms with Crippen LogP contribution in [0.4, 0.5) is 0 Å². The van der Waals surface area contributed by atoms with Crippen LogP contribution in [0.5, 0.6) is 5.75 Å². The summed E-state index contributed by atoms with van der Waals surface area (Å²) < 4.78 is 4.97. The molecular formula is C16H23NO3. The molecule has 20 heavy (non-hydrogen) atoms. The fraction of sp³-hybridized carbons (Fsp3) is 0.562. The summed E-state index contributed by atoms with van der Waals surface area (Å²) in [6, 6.07) is 7.43. The number of phenolic OH excluding ortho intramolecular Hbond substituents is 1.